The van der Waals surface area contributed by atoms with Gasteiger partial charge in [0.1, 0.15) is 5.82 Å². The summed E-state index contributed by atoms with van der Waals surface area (Å²) < 4.78 is 13.0. The Morgan fingerprint density at radius 1 is 1.24 bits per heavy atom. The van der Waals surface area contributed by atoms with Crippen LogP contribution in [0.3, 0.4) is 0 Å². The van der Waals surface area contributed by atoms with Crippen LogP contribution in [0.4, 0.5) is 4.39 Å². The molecule has 2 aliphatic heterocycles. The second-order valence-electron chi connectivity index (χ2n) is 7.21. The van der Waals surface area contributed by atoms with Gasteiger partial charge in [-0.3, -0.25) is 9.59 Å². The van der Waals surface area contributed by atoms with Gasteiger partial charge in [0, 0.05) is 32.1 Å². The maximum Gasteiger partial charge on any atom is 0.228 e. The molecule has 0 bridgehead atoms. The molecule has 1 aromatic carbocycles. The molecule has 2 saturated heterocycles. The number of rotatable bonds is 5. The van der Waals surface area contributed by atoms with Gasteiger partial charge in [0.05, 0.1) is 5.92 Å². The lowest BCUT2D eigenvalue weighted by molar-refractivity contribution is -0.139. The predicted octanol–water partition coefficient (Wildman–Crippen LogP) is 3.01. The molecule has 25 heavy (non-hydrogen) atoms. The number of halogens is 1. The molecule has 0 radical (unpaired) electrons. The van der Waals surface area contributed by atoms with E-state index in [0.29, 0.717) is 32.0 Å². The van der Waals surface area contributed by atoms with Gasteiger partial charge in [-0.05, 0) is 49.8 Å². The third kappa shape index (κ3) is 4.20. The summed E-state index contributed by atoms with van der Waals surface area (Å²) in [5.41, 5.74) is 1.01. The van der Waals surface area contributed by atoms with Crippen LogP contribution >= 0.6 is 0 Å². The molecule has 0 saturated carbocycles. The molecule has 5 heteroatoms. The van der Waals surface area contributed by atoms with E-state index in [1.54, 1.807) is 17.0 Å². The minimum absolute atomic E-state index is 0.0607. The van der Waals surface area contributed by atoms with E-state index in [9.17, 15) is 14.0 Å². The molecule has 0 unspecified atom stereocenters. The zero-order valence-corrected chi connectivity index (χ0v) is 14.9. The molecule has 0 aromatic heterocycles. The van der Waals surface area contributed by atoms with Crippen LogP contribution in [0.15, 0.2) is 24.3 Å². The van der Waals surface area contributed by atoms with Crippen LogP contribution in [0, 0.1) is 11.7 Å². The fraction of sp³-hybridized carbons (Fsp3) is 0.600. The normalized spacial score (nSPS) is 24.0. The number of carbonyl (C=O) groups excluding carboxylic acids is 2. The van der Waals surface area contributed by atoms with Gasteiger partial charge in [0.15, 0.2) is 0 Å². The number of hydrogen-bond donors (Lipinski definition) is 0. The van der Waals surface area contributed by atoms with Crippen molar-refractivity contribution in [2.75, 3.05) is 19.6 Å². The van der Waals surface area contributed by atoms with Crippen molar-refractivity contribution < 1.29 is 14.0 Å². The van der Waals surface area contributed by atoms with Crippen molar-refractivity contribution in [1.29, 1.82) is 0 Å². The van der Waals surface area contributed by atoms with Crippen LogP contribution in [-0.2, 0) is 16.0 Å². The highest BCUT2D eigenvalue weighted by molar-refractivity contribution is 5.89. The Morgan fingerprint density at radius 3 is 2.72 bits per heavy atom. The fourth-order valence-electron chi connectivity index (χ4n) is 4.02. The Labute approximate surface area is 149 Å². The number of likely N-dealkylation sites (tertiary alicyclic amines) is 2. The zero-order chi connectivity index (χ0) is 17.8. The third-order valence-electron chi connectivity index (χ3n) is 5.53. The van der Waals surface area contributed by atoms with Crippen molar-refractivity contribution >= 4 is 11.8 Å². The number of hydrogen-bond acceptors (Lipinski definition) is 2. The first kappa shape index (κ1) is 17.9. The number of piperidine rings is 1. The van der Waals surface area contributed by atoms with Crippen LogP contribution in [0.2, 0.25) is 0 Å². The molecule has 136 valence electrons. The summed E-state index contributed by atoms with van der Waals surface area (Å²) in [6, 6.07) is 6.71. The second-order valence-corrected chi connectivity index (χ2v) is 7.21. The van der Waals surface area contributed by atoms with Gasteiger partial charge in [0.25, 0.3) is 0 Å². The molecule has 0 aliphatic carbocycles. The minimum Gasteiger partial charge on any atom is -0.342 e. The highest BCUT2D eigenvalue weighted by Gasteiger charge is 2.38. The van der Waals surface area contributed by atoms with Crippen LogP contribution in [0.25, 0.3) is 0 Å². The summed E-state index contributed by atoms with van der Waals surface area (Å²) in [5, 5.41) is 0. The fourth-order valence-corrected chi connectivity index (χ4v) is 4.02. The van der Waals surface area contributed by atoms with Crippen molar-refractivity contribution in [1.82, 2.24) is 9.80 Å². The van der Waals surface area contributed by atoms with Gasteiger partial charge in [-0.15, -0.1) is 0 Å². The largest absolute Gasteiger partial charge is 0.342 e. The summed E-state index contributed by atoms with van der Waals surface area (Å²) in [6.45, 7) is 4.07. The molecule has 2 amide bonds. The van der Waals surface area contributed by atoms with Gasteiger partial charge in [-0.1, -0.05) is 19.1 Å². The van der Waals surface area contributed by atoms with E-state index in [1.807, 2.05) is 4.90 Å². The number of benzene rings is 1. The molecule has 1 aromatic rings. The summed E-state index contributed by atoms with van der Waals surface area (Å²) >= 11 is 0. The van der Waals surface area contributed by atoms with Gasteiger partial charge < -0.3 is 9.80 Å². The Balaban J connectivity index is 1.56. The molecule has 2 heterocycles. The van der Waals surface area contributed by atoms with Gasteiger partial charge in [-0.2, -0.15) is 0 Å². The summed E-state index contributed by atoms with van der Waals surface area (Å²) in [5.74, 6) is -0.235. The SMILES string of the molecule is CC[C@@H]1CCCCN1C(=O)[C@@H]1CC(=O)N(CCc2ccc(F)cc2)C1. The second kappa shape index (κ2) is 7.98. The predicted molar refractivity (Wildman–Crippen MR) is 94.4 cm³/mol. The molecular formula is C20H27FN2O2. The van der Waals surface area contributed by atoms with Crippen molar-refractivity contribution in [3.63, 3.8) is 0 Å². The molecule has 3 rings (SSSR count). The van der Waals surface area contributed by atoms with Gasteiger partial charge in [0.2, 0.25) is 11.8 Å². The van der Waals surface area contributed by atoms with Crippen LogP contribution < -0.4 is 0 Å². The standard InChI is InChI=1S/C20H27FN2O2/c1-2-18-5-3-4-11-23(18)20(25)16-13-19(24)22(14-16)12-10-15-6-8-17(21)9-7-15/h6-9,16,18H,2-5,10-14H2,1H3/t16-,18-/m1/s1. The van der Waals surface area contributed by atoms with Crippen molar-refractivity contribution in [2.24, 2.45) is 5.92 Å². The molecule has 4 nitrogen and oxygen atoms in total. The van der Waals surface area contributed by atoms with E-state index in [4.69, 9.17) is 0 Å². The first-order valence-electron chi connectivity index (χ1n) is 9.41. The average molecular weight is 346 g/mol. The van der Waals surface area contributed by atoms with E-state index in [1.165, 1.54) is 18.6 Å². The molecule has 0 spiro atoms. The Bertz CT molecular complexity index is 617. The van der Waals surface area contributed by atoms with Crippen LogP contribution in [0.5, 0.6) is 0 Å². The summed E-state index contributed by atoms with van der Waals surface area (Å²) in [6.07, 6.45) is 5.34. The maximum absolute atomic E-state index is 13.0. The lowest BCUT2D eigenvalue weighted by Gasteiger charge is -2.36. The molecule has 2 aliphatic rings. The monoisotopic (exact) mass is 346 g/mol. The third-order valence-corrected chi connectivity index (χ3v) is 5.53. The highest BCUT2D eigenvalue weighted by atomic mass is 19.1. The van der Waals surface area contributed by atoms with Gasteiger partial charge in [-0.25, -0.2) is 4.39 Å². The Morgan fingerprint density at radius 2 is 2.00 bits per heavy atom. The lowest BCUT2D eigenvalue weighted by atomic mass is 9.97. The van der Waals surface area contributed by atoms with E-state index < -0.39 is 0 Å². The smallest absolute Gasteiger partial charge is 0.228 e. The van der Waals surface area contributed by atoms with E-state index in [2.05, 4.69) is 6.92 Å². The summed E-state index contributed by atoms with van der Waals surface area (Å²) in [4.78, 5) is 29.0. The average Bonchev–Trinajstić information content (AvgIpc) is 3.01. The van der Waals surface area contributed by atoms with Gasteiger partial charge >= 0.3 is 0 Å². The van der Waals surface area contributed by atoms with Crippen molar-refractivity contribution in [3.05, 3.63) is 35.6 Å². The van der Waals surface area contributed by atoms with E-state index in [0.717, 1.165) is 31.4 Å². The maximum atomic E-state index is 13.0. The number of amides is 2. The first-order chi connectivity index (χ1) is 12.1. The van der Waals surface area contributed by atoms with Crippen molar-refractivity contribution in [2.45, 2.75) is 51.5 Å². The molecular weight excluding hydrogens is 319 g/mol. The first-order valence-corrected chi connectivity index (χ1v) is 9.41. The van der Waals surface area contributed by atoms with Crippen LogP contribution in [-0.4, -0.2) is 47.3 Å². The topological polar surface area (TPSA) is 40.6 Å². The minimum atomic E-state index is -0.251. The highest BCUT2D eigenvalue weighted by Crippen LogP contribution is 2.26. The number of carbonyl (C=O) groups is 2. The molecule has 2 atom stereocenters. The number of nitrogens with zero attached hydrogens (tertiary/aromatic N) is 2. The van der Waals surface area contributed by atoms with Crippen LogP contribution in [0.1, 0.15) is 44.6 Å². The summed E-state index contributed by atoms with van der Waals surface area (Å²) in [7, 11) is 0. The zero-order valence-electron chi connectivity index (χ0n) is 14.9. The van der Waals surface area contributed by atoms with E-state index in [-0.39, 0.29) is 23.5 Å². The van der Waals surface area contributed by atoms with E-state index >= 15 is 0 Å². The lowest BCUT2D eigenvalue weighted by Crippen LogP contribution is -2.46. The Kier molecular flexibility index (Phi) is 5.71. The quantitative estimate of drug-likeness (QED) is 0.822. The van der Waals surface area contributed by atoms with Crippen molar-refractivity contribution in [3.8, 4) is 0 Å². The Hall–Kier alpha value is -1.91. The molecule has 2 fully saturated rings. The molecule has 0 N–H and O–H groups in total.